The van der Waals surface area contributed by atoms with Gasteiger partial charge in [0.1, 0.15) is 6.04 Å². The number of nitrogens with zero attached hydrogens (tertiary/aromatic N) is 2. The molecule has 1 saturated heterocycles. The van der Waals surface area contributed by atoms with Gasteiger partial charge in [-0.2, -0.15) is 0 Å². The van der Waals surface area contributed by atoms with Crippen LogP contribution in [-0.4, -0.2) is 22.0 Å². The van der Waals surface area contributed by atoms with Crippen molar-refractivity contribution >= 4 is 52.1 Å². The highest BCUT2D eigenvalue weighted by Crippen LogP contribution is 2.37. The quantitative estimate of drug-likeness (QED) is 0.715. The smallest absolute Gasteiger partial charge is 0.256 e. The van der Waals surface area contributed by atoms with E-state index in [1.54, 1.807) is 18.2 Å². The lowest BCUT2D eigenvalue weighted by atomic mass is 9.95. The molecule has 4 rings (SSSR count). The van der Waals surface area contributed by atoms with Crippen molar-refractivity contribution in [3.05, 3.63) is 63.6 Å². The summed E-state index contributed by atoms with van der Waals surface area (Å²) in [6.07, 6.45) is 0.657. The van der Waals surface area contributed by atoms with E-state index >= 15 is 0 Å². The predicted octanol–water partition coefficient (Wildman–Crippen LogP) is 4.05. The summed E-state index contributed by atoms with van der Waals surface area (Å²) in [6, 6.07) is 12.9. The van der Waals surface area contributed by atoms with E-state index in [1.165, 1.54) is 16.0 Å². The van der Waals surface area contributed by atoms with E-state index in [-0.39, 0.29) is 11.9 Å². The molecular weight excluding hydrogens is 351 g/mol. The third kappa shape index (κ3) is 2.33. The van der Waals surface area contributed by atoms with E-state index in [9.17, 15) is 4.79 Å². The van der Waals surface area contributed by atoms with Gasteiger partial charge in [-0.05, 0) is 41.5 Å². The maximum atomic E-state index is 12.9. The number of benzene rings is 2. The molecule has 2 aromatic carbocycles. The van der Waals surface area contributed by atoms with Crippen LogP contribution in [0.15, 0.2) is 42.5 Å². The van der Waals surface area contributed by atoms with Gasteiger partial charge in [0.05, 0.1) is 10.7 Å². The Kier molecular flexibility index (Phi) is 3.56. The van der Waals surface area contributed by atoms with E-state index in [4.69, 9.17) is 35.4 Å². The molecule has 0 spiro atoms. The van der Waals surface area contributed by atoms with Crippen molar-refractivity contribution in [1.29, 1.82) is 0 Å². The predicted molar refractivity (Wildman–Crippen MR) is 96.0 cm³/mol. The first kappa shape index (κ1) is 14.9. The molecule has 116 valence electrons. The Morgan fingerprint density at radius 3 is 2.61 bits per heavy atom. The van der Waals surface area contributed by atoms with Gasteiger partial charge in [-0.3, -0.25) is 9.69 Å². The van der Waals surface area contributed by atoms with Gasteiger partial charge in [0, 0.05) is 18.0 Å². The third-order valence-electron chi connectivity index (χ3n) is 4.34. The van der Waals surface area contributed by atoms with E-state index in [0.717, 1.165) is 0 Å². The molecule has 2 aromatic rings. The molecule has 2 heterocycles. The van der Waals surface area contributed by atoms with Gasteiger partial charge in [0.15, 0.2) is 5.11 Å². The van der Waals surface area contributed by atoms with Crippen molar-refractivity contribution in [3.63, 3.8) is 0 Å². The molecule has 1 amide bonds. The summed E-state index contributed by atoms with van der Waals surface area (Å²) in [4.78, 5) is 16.4. The number of halogens is 2. The van der Waals surface area contributed by atoms with Gasteiger partial charge in [-0.1, -0.05) is 47.5 Å². The zero-order valence-electron chi connectivity index (χ0n) is 12.0. The molecule has 1 fully saturated rings. The maximum Gasteiger partial charge on any atom is 0.256 e. The lowest BCUT2D eigenvalue weighted by Crippen LogP contribution is -2.39. The van der Waals surface area contributed by atoms with Crippen LogP contribution in [0.3, 0.4) is 0 Å². The minimum absolute atomic E-state index is 0.0475. The average Bonchev–Trinajstić information content (AvgIpc) is 2.79. The Morgan fingerprint density at radius 1 is 1.09 bits per heavy atom. The van der Waals surface area contributed by atoms with Crippen LogP contribution in [0.25, 0.3) is 0 Å². The Morgan fingerprint density at radius 2 is 1.83 bits per heavy atom. The molecule has 0 aromatic heterocycles. The topological polar surface area (TPSA) is 23.6 Å². The molecule has 6 heteroatoms. The Labute approximate surface area is 149 Å². The standard InChI is InChI=1S/C17H12Cl2N2OS/c18-12-5-6-13(19)14(8-12)21-16(22)15-7-10-3-1-2-4-11(10)9-20(15)17(21)23/h1-6,8,15H,7,9H2. The zero-order chi connectivity index (χ0) is 16.1. The molecule has 0 radical (unpaired) electrons. The number of rotatable bonds is 1. The maximum absolute atomic E-state index is 12.9. The highest BCUT2D eigenvalue weighted by Gasteiger charge is 2.45. The van der Waals surface area contributed by atoms with Crippen LogP contribution in [0.2, 0.25) is 10.0 Å². The highest BCUT2D eigenvalue weighted by molar-refractivity contribution is 7.80. The summed E-state index contributed by atoms with van der Waals surface area (Å²) in [5, 5.41) is 1.47. The lowest BCUT2D eigenvalue weighted by molar-refractivity contribution is -0.119. The Bertz CT molecular complexity index is 796. The average molecular weight is 363 g/mol. The van der Waals surface area contributed by atoms with Crippen molar-refractivity contribution in [3.8, 4) is 0 Å². The first-order valence-electron chi connectivity index (χ1n) is 7.22. The summed E-state index contributed by atoms with van der Waals surface area (Å²) < 4.78 is 0. The largest absolute Gasteiger partial charge is 0.332 e. The van der Waals surface area contributed by atoms with Gasteiger partial charge in [0.2, 0.25) is 0 Å². The molecule has 0 bridgehead atoms. The van der Waals surface area contributed by atoms with Crippen molar-refractivity contribution < 1.29 is 4.79 Å². The minimum Gasteiger partial charge on any atom is -0.332 e. The van der Waals surface area contributed by atoms with Crippen molar-refractivity contribution in [1.82, 2.24) is 4.90 Å². The second-order valence-electron chi connectivity index (χ2n) is 5.67. The summed E-state index contributed by atoms with van der Waals surface area (Å²) in [5.74, 6) is -0.0475. The van der Waals surface area contributed by atoms with Crippen molar-refractivity contribution in [2.24, 2.45) is 0 Å². The molecule has 0 saturated carbocycles. The molecule has 23 heavy (non-hydrogen) atoms. The second-order valence-corrected chi connectivity index (χ2v) is 6.88. The molecule has 3 nitrogen and oxygen atoms in total. The molecule has 2 aliphatic rings. The number of hydrogen-bond donors (Lipinski definition) is 0. The van der Waals surface area contributed by atoms with E-state index in [0.29, 0.717) is 33.8 Å². The summed E-state index contributed by atoms with van der Waals surface area (Å²) in [5.41, 5.74) is 2.95. The van der Waals surface area contributed by atoms with Crippen LogP contribution >= 0.6 is 35.4 Å². The molecule has 1 unspecified atom stereocenters. The number of amides is 1. The highest BCUT2D eigenvalue weighted by atomic mass is 35.5. The first-order chi connectivity index (χ1) is 11.1. The monoisotopic (exact) mass is 362 g/mol. The number of anilines is 1. The third-order valence-corrected chi connectivity index (χ3v) is 5.31. The first-order valence-corrected chi connectivity index (χ1v) is 8.39. The number of thiocarbonyl (C=S) groups is 1. The summed E-state index contributed by atoms with van der Waals surface area (Å²) in [6.45, 7) is 0.639. The van der Waals surface area contributed by atoms with Gasteiger partial charge in [-0.25, -0.2) is 0 Å². The van der Waals surface area contributed by atoms with Gasteiger partial charge < -0.3 is 4.90 Å². The van der Waals surface area contributed by atoms with Crippen LogP contribution in [-0.2, 0) is 17.8 Å². The molecular formula is C17H12Cl2N2OS. The van der Waals surface area contributed by atoms with E-state index < -0.39 is 0 Å². The van der Waals surface area contributed by atoms with Gasteiger partial charge >= 0.3 is 0 Å². The van der Waals surface area contributed by atoms with E-state index in [2.05, 4.69) is 12.1 Å². The van der Waals surface area contributed by atoms with Crippen LogP contribution < -0.4 is 4.90 Å². The minimum atomic E-state index is -0.271. The van der Waals surface area contributed by atoms with Crippen LogP contribution in [0.5, 0.6) is 0 Å². The number of fused-ring (bicyclic) bond motifs is 2. The van der Waals surface area contributed by atoms with Crippen LogP contribution in [0.4, 0.5) is 5.69 Å². The molecule has 0 N–H and O–H groups in total. The molecule has 1 atom stereocenters. The van der Waals surface area contributed by atoms with Crippen molar-refractivity contribution in [2.45, 2.75) is 19.0 Å². The fraction of sp³-hybridized carbons (Fsp3) is 0.176. The lowest BCUT2D eigenvalue weighted by Gasteiger charge is -2.30. The summed E-state index contributed by atoms with van der Waals surface area (Å²) >= 11 is 17.9. The SMILES string of the molecule is O=C1C2Cc3ccccc3CN2C(=S)N1c1cc(Cl)ccc1Cl. The second kappa shape index (κ2) is 5.48. The number of hydrogen-bond acceptors (Lipinski definition) is 2. The zero-order valence-corrected chi connectivity index (χ0v) is 14.3. The molecule has 0 aliphatic carbocycles. The van der Waals surface area contributed by atoms with Gasteiger partial charge in [-0.15, -0.1) is 0 Å². The van der Waals surface area contributed by atoms with Crippen LogP contribution in [0.1, 0.15) is 11.1 Å². The Hall–Kier alpha value is -1.62. The molecule has 2 aliphatic heterocycles. The number of carbonyl (C=O) groups excluding carboxylic acids is 1. The fourth-order valence-electron chi connectivity index (χ4n) is 3.20. The normalized spacial score (nSPS) is 19.8. The van der Waals surface area contributed by atoms with Crippen LogP contribution in [0, 0.1) is 0 Å². The van der Waals surface area contributed by atoms with Gasteiger partial charge in [0.25, 0.3) is 5.91 Å². The number of carbonyl (C=O) groups is 1. The van der Waals surface area contributed by atoms with Crippen molar-refractivity contribution in [2.75, 3.05) is 4.90 Å². The summed E-state index contributed by atoms with van der Waals surface area (Å²) in [7, 11) is 0. The van der Waals surface area contributed by atoms with E-state index in [1.807, 2.05) is 17.0 Å². The fourth-order valence-corrected chi connectivity index (χ4v) is 3.94. The Balaban J connectivity index is 1.75.